The molecule has 0 spiro atoms. The van der Waals surface area contributed by atoms with Crippen molar-refractivity contribution >= 4 is 12.3 Å². The molecule has 1 unspecified atom stereocenters. The van der Waals surface area contributed by atoms with Gasteiger partial charge in [0.15, 0.2) is 5.92 Å². The molecule has 1 atom stereocenters. The molecule has 68 valence electrons. The van der Waals surface area contributed by atoms with Crippen LogP contribution in [0.4, 0.5) is 0 Å². The summed E-state index contributed by atoms with van der Waals surface area (Å²) in [6.07, 6.45) is 0.272. The van der Waals surface area contributed by atoms with Crippen LogP contribution in [0.2, 0.25) is 0 Å². The maximum absolute atomic E-state index is 10.9. The van der Waals surface area contributed by atoms with Crippen LogP contribution in [0.25, 0.3) is 0 Å². The maximum atomic E-state index is 10.9. The molecule has 5 heteroatoms. The molecule has 0 aliphatic heterocycles. The van der Waals surface area contributed by atoms with E-state index in [4.69, 9.17) is 10.00 Å². The zero-order valence-corrected chi connectivity index (χ0v) is 11.4. The molecule has 0 radical (unpaired) electrons. The topological polar surface area (TPSA) is 67.2 Å². The minimum atomic E-state index is -1.30. The van der Waals surface area contributed by atoms with Crippen LogP contribution in [-0.2, 0) is 14.3 Å². The fourth-order valence-corrected chi connectivity index (χ4v) is 0.504. The zero-order valence-electron chi connectivity index (χ0n) is 9.33. The molecule has 0 aromatic carbocycles. The molecule has 13 heavy (non-hydrogen) atoms. The van der Waals surface area contributed by atoms with E-state index in [1.54, 1.807) is 20.8 Å². The van der Waals surface area contributed by atoms with E-state index in [-0.39, 0.29) is 59.1 Å². The van der Waals surface area contributed by atoms with Crippen molar-refractivity contribution in [3.63, 3.8) is 0 Å². The van der Waals surface area contributed by atoms with Gasteiger partial charge in [-0.15, -0.1) is 0 Å². The Kier molecular flexibility index (Phi) is 8.08. The van der Waals surface area contributed by atoms with E-state index >= 15 is 0 Å². The van der Waals surface area contributed by atoms with Crippen LogP contribution in [0, 0.1) is 17.2 Å². The Bertz CT molecular complexity index is 232. The van der Waals surface area contributed by atoms with Crippen molar-refractivity contribution in [3.05, 3.63) is 0 Å². The number of esters is 1. The largest absolute Gasteiger partial charge is 1.00 e. The van der Waals surface area contributed by atoms with Crippen molar-refractivity contribution in [3.8, 4) is 6.07 Å². The maximum Gasteiger partial charge on any atom is 1.00 e. The smallest absolute Gasteiger partial charge is 1.00 e. The van der Waals surface area contributed by atoms with Crippen molar-refractivity contribution in [2.75, 3.05) is 0 Å². The van der Waals surface area contributed by atoms with Crippen LogP contribution >= 0.6 is 0 Å². The van der Waals surface area contributed by atoms with Gasteiger partial charge in [0, 0.05) is 0 Å². The van der Waals surface area contributed by atoms with Gasteiger partial charge in [0.2, 0.25) is 0 Å². The molecule has 0 N–H and O–H groups in total. The second-order valence-electron chi connectivity index (χ2n) is 3.28. The zero-order chi connectivity index (χ0) is 9.78. The van der Waals surface area contributed by atoms with Crippen molar-refractivity contribution in [2.24, 2.45) is 5.92 Å². The summed E-state index contributed by atoms with van der Waals surface area (Å²) >= 11 is 0. The van der Waals surface area contributed by atoms with Crippen molar-refractivity contribution in [1.29, 1.82) is 5.26 Å². The number of nitriles is 1. The van der Waals surface area contributed by atoms with Gasteiger partial charge in [-0.1, -0.05) is 0 Å². The van der Waals surface area contributed by atoms with E-state index in [1.807, 2.05) is 0 Å². The van der Waals surface area contributed by atoms with Gasteiger partial charge in [0.05, 0.1) is 6.07 Å². The van der Waals surface area contributed by atoms with Gasteiger partial charge in [-0.05, 0) is 20.8 Å². The SMILES string of the molecule is CC(C)(C)OC(=O)C(C#N)C=O.[H-].[K+]. The summed E-state index contributed by atoms with van der Waals surface area (Å²) in [6.45, 7) is 5.01. The molecule has 0 fully saturated rings. The van der Waals surface area contributed by atoms with E-state index in [9.17, 15) is 9.59 Å². The molecule has 0 amide bonds. The monoisotopic (exact) mass is 209 g/mol. The minimum absolute atomic E-state index is 0. The molecule has 0 saturated carbocycles. The first-order chi connectivity index (χ1) is 5.40. The van der Waals surface area contributed by atoms with Gasteiger partial charge in [-0.25, -0.2) is 0 Å². The number of hydrogen-bond acceptors (Lipinski definition) is 4. The average molecular weight is 209 g/mol. The Morgan fingerprint density at radius 1 is 1.62 bits per heavy atom. The summed E-state index contributed by atoms with van der Waals surface area (Å²) in [6, 6.07) is 1.53. The standard InChI is InChI=1S/C8H11NO3.K.H/c1-8(2,3)12-7(11)6(4-9)5-10;;/h5-6H,1-3H3;;/q;+1;-1. The van der Waals surface area contributed by atoms with Gasteiger partial charge in [0.25, 0.3) is 0 Å². The van der Waals surface area contributed by atoms with Crippen molar-refractivity contribution in [1.82, 2.24) is 0 Å². The molecule has 0 bridgehead atoms. The summed E-state index contributed by atoms with van der Waals surface area (Å²) in [4.78, 5) is 21.1. The van der Waals surface area contributed by atoms with Crippen molar-refractivity contribution in [2.45, 2.75) is 26.4 Å². The molecule has 0 aromatic heterocycles. The third-order valence-electron chi connectivity index (χ3n) is 0.936. The molecule has 0 aromatic rings. The molecular weight excluding hydrogens is 197 g/mol. The minimum Gasteiger partial charge on any atom is -1.00 e. The van der Waals surface area contributed by atoms with Gasteiger partial charge < -0.3 is 11.0 Å². The van der Waals surface area contributed by atoms with Crippen LogP contribution < -0.4 is 51.4 Å². The molecule has 0 aliphatic rings. The number of ether oxygens (including phenoxy) is 1. The Balaban J connectivity index is -0.000000605. The van der Waals surface area contributed by atoms with E-state index in [0.717, 1.165) is 0 Å². The summed E-state index contributed by atoms with van der Waals surface area (Å²) in [5.74, 6) is -2.09. The third kappa shape index (κ3) is 7.35. The molecule has 0 heterocycles. The molecule has 4 nitrogen and oxygen atoms in total. The third-order valence-corrected chi connectivity index (χ3v) is 0.936. The van der Waals surface area contributed by atoms with Gasteiger partial charge in [0.1, 0.15) is 11.9 Å². The van der Waals surface area contributed by atoms with Crippen LogP contribution in [0.3, 0.4) is 0 Å². The van der Waals surface area contributed by atoms with Crippen LogP contribution in [-0.4, -0.2) is 17.9 Å². The second-order valence-corrected chi connectivity index (χ2v) is 3.28. The molecule has 0 aliphatic carbocycles. The first kappa shape index (κ1) is 15.7. The predicted octanol–water partition coefficient (Wildman–Crippen LogP) is -2.22. The Labute approximate surface area is 122 Å². The fourth-order valence-electron chi connectivity index (χ4n) is 0.504. The molecule has 0 rings (SSSR count). The summed E-state index contributed by atoms with van der Waals surface area (Å²) in [5, 5.41) is 8.31. The summed E-state index contributed by atoms with van der Waals surface area (Å²) in [7, 11) is 0. The molecular formula is C8H12KNO3. The first-order valence-electron chi connectivity index (χ1n) is 3.48. The number of nitrogens with zero attached hydrogens (tertiary/aromatic N) is 1. The number of rotatable bonds is 2. The quantitative estimate of drug-likeness (QED) is 0.224. The predicted molar refractivity (Wildman–Crippen MR) is 42.1 cm³/mol. The van der Waals surface area contributed by atoms with Crippen LogP contribution in [0.15, 0.2) is 0 Å². The Morgan fingerprint density at radius 2 is 2.08 bits per heavy atom. The number of carbonyl (C=O) groups is 2. The first-order valence-corrected chi connectivity index (χ1v) is 3.48. The average Bonchev–Trinajstić information content (AvgIpc) is 1.85. The van der Waals surface area contributed by atoms with Gasteiger partial charge in [-0.2, -0.15) is 5.26 Å². The van der Waals surface area contributed by atoms with E-state index < -0.39 is 17.5 Å². The Morgan fingerprint density at radius 3 is 2.31 bits per heavy atom. The van der Waals surface area contributed by atoms with E-state index in [2.05, 4.69) is 0 Å². The van der Waals surface area contributed by atoms with E-state index in [0.29, 0.717) is 0 Å². The number of aldehydes is 1. The molecule has 0 saturated heterocycles. The van der Waals surface area contributed by atoms with Crippen molar-refractivity contribution < 1.29 is 67.1 Å². The normalized spacial score (nSPS) is 11.8. The fraction of sp³-hybridized carbons (Fsp3) is 0.625. The van der Waals surface area contributed by atoms with Crippen LogP contribution in [0.1, 0.15) is 22.2 Å². The summed E-state index contributed by atoms with van der Waals surface area (Å²) in [5.41, 5.74) is -0.658. The number of hydrogen-bond donors (Lipinski definition) is 0. The van der Waals surface area contributed by atoms with Crippen LogP contribution in [0.5, 0.6) is 0 Å². The van der Waals surface area contributed by atoms with E-state index in [1.165, 1.54) is 6.07 Å². The number of carbonyl (C=O) groups excluding carboxylic acids is 2. The second kappa shape index (κ2) is 6.68. The van der Waals surface area contributed by atoms with Gasteiger partial charge >= 0.3 is 57.4 Å². The Hall–Kier alpha value is 0.266. The summed E-state index contributed by atoms with van der Waals surface area (Å²) < 4.78 is 4.79. The van der Waals surface area contributed by atoms with Gasteiger partial charge in [-0.3, -0.25) is 4.79 Å².